The van der Waals surface area contributed by atoms with Crippen LogP contribution < -0.4 is 18.9 Å². The molecular weight excluding hydrogens is 574 g/mol. The van der Waals surface area contributed by atoms with Crippen molar-refractivity contribution >= 4 is 5.69 Å². The highest BCUT2D eigenvalue weighted by atomic mass is 16.5. The molecule has 5 rings (SSSR count). The number of ether oxygens (including phenoxy) is 4. The van der Waals surface area contributed by atoms with Gasteiger partial charge in [0.25, 0.3) is 0 Å². The molecule has 6 heteroatoms. The zero-order chi connectivity index (χ0) is 32.3. The van der Waals surface area contributed by atoms with Gasteiger partial charge in [0, 0.05) is 31.2 Å². The van der Waals surface area contributed by atoms with E-state index < -0.39 is 0 Å². The van der Waals surface area contributed by atoms with Crippen molar-refractivity contribution < 1.29 is 18.9 Å². The summed E-state index contributed by atoms with van der Waals surface area (Å²) in [7, 11) is 0. The first-order chi connectivity index (χ1) is 22.6. The van der Waals surface area contributed by atoms with Gasteiger partial charge in [-0.15, -0.1) is 4.91 Å². The van der Waals surface area contributed by atoms with E-state index in [-0.39, 0.29) is 0 Å². The Morgan fingerprint density at radius 1 is 0.457 bits per heavy atom. The molecule has 0 heterocycles. The number of para-hydroxylation sites is 3. The third-order valence-corrected chi connectivity index (χ3v) is 8.26. The summed E-state index contributed by atoms with van der Waals surface area (Å²) in [5.74, 6) is 3.42. The Morgan fingerprint density at radius 2 is 0.783 bits per heavy atom. The van der Waals surface area contributed by atoms with Gasteiger partial charge in [0.2, 0.25) is 0 Å². The van der Waals surface area contributed by atoms with Gasteiger partial charge in [0.05, 0.1) is 26.4 Å². The van der Waals surface area contributed by atoms with E-state index in [1.54, 1.807) is 0 Å². The highest BCUT2D eigenvalue weighted by Crippen LogP contribution is 2.41. The second-order valence-electron chi connectivity index (χ2n) is 12.0. The van der Waals surface area contributed by atoms with Gasteiger partial charge in [-0.1, -0.05) is 88.4 Å². The van der Waals surface area contributed by atoms with E-state index in [1.807, 2.05) is 12.1 Å². The SMILES string of the molecule is CCCOc1c2cccc1Cc1cccc(c1OCCC)Cc1c(N=O)ccc(c1OCCC)Cc1cccc(c1OCCC)C2. The molecule has 1 aliphatic carbocycles. The Labute approximate surface area is 274 Å². The molecule has 0 atom stereocenters. The van der Waals surface area contributed by atoms with E-state index in [9.17, 15) is 4.91 Å². The third-order valence-electron chi connectivity index (χ3n) is 8.26. The van der Waals surface area contributed by atoms with E-state index in [4.69, 9.17) is 18.9 Å². The molecule has 1 aliphatic rings. The van der Waals surface area contributed by atoms with Crippen LogP contribution in [0, 0.1) is 4.91 Å². The summed E-state index contributed by atoms with van der Waals surface area (Å²) in [5.41, 5.74) is 8.72. The Morgan fingerprint density at radius 3 is 1.13 bits per heavy atom. The number of rotatable bonds is 13. The van der Waals surface area contributed by atoms with Gasteiger partial charge >= 0.3 is 0 Å². The maximum Gasteiger partial charge on any atom is 0.128 e. The van der Waals surface area contributed by atoms with Gasteiger partial charge in [-0.05, 0) is 75.9 Å². The summed E-state index contributed by atoms with van der Waals surface area (Å²) in [6, 6.07) is 23.0. The van der Waals surface area contributed by atoms with E-state index in [2.05, 4.69) is 87.5 Å². The average molecular weight is 622 g/mol. The van der Waals surface area contributed by atoms with Crippen molar-refractivity contribution in [3.05, 3.63) is 116 Å². The molecule has 0 saturated carbocycles. The molecule has 0 radical (unpaired) electrons. The fourth-order valence-electron chi connectivity index (χ4n) is 6.17. The molecule has 0 unspecified atom stereocenters. The lowest BCUT2D eigenvalue weighted by molar-refractivity contribution is 0.304. The van der Waals surface area contributed by atoms with Gasteiger partial charge in [-0.25, -0.2) is 0 Å². The lowest BCUT2D eigenvalue weighted by Crippen LogP contribution is -2.10. The normalized spacial score (nSPS) is 12.3. The summed E-state index contributed by atoms with van der Waals surface area (Å²) in [4.78, 5) is 12.3. The van der Waals surface area contributed by atoms with Crippen molar-refractivity contribution in [2.75, 3.05) is 26.4 Å². The number of fused-ring (bicyclic) bond motifs is 8. The molecule has 46 heavy (non-hydrogen) atoms. The fraction of sp³-hybridized carbons (Fsp3) is 0.400. The maximum absolute atomic E-state index is 12.3. The molecule has 0 aliphatic heterocycles. The summed E-state index contributed by atoms with van der Waals surface area (Å²) in [6.07, 6.45) is 5.93. The molecule has 0 amide bonds. The second kappa shape index (κ2) is 16.3. The predicted octanol–water partition coefficient (Wildman–Crippen LogP) is 9.92. The van der Waals surface area contributed by atoms with Crippen LogP contribution in [-0.4, -0.2) is 26.4 Å². The molecule has 6 nitrogen and oxygen atoms in total. The van der Waals surface area contributed by atoms with Crippen LogP contribution in [0.5, 0.6) is 23.0 Å². The van der Waals surface area contributed by atoms with E-state index in [0.717, 1.165) is 93.2 Å². The van der Waals surface area contributed by atoms with Gasteiger partial charge in [-0.3, -0.25) is 0 Å². The molecule has 0 saturated heterocycles. The smallest absolute Gasteiger partial charge is 0.128 e. The van der Waals surface area contributed by atoms with Crippen molar-refractivity contribution in [3.8, 4) is 23.0 Å². The van der Waals surface area contributed by atoms with Crippen LogP contribution in [0.3, 0.4) is 0 Å². The molecule has 8 bridgehead atoms. The zero-order valence-corrected chi connectivity index (χ0v) is 27.8. The molecule has 242 valence electrons. The monoisotopic (exact) mass is 621 g/mol. The van der Waals surface area contributed by atoms with Crippen LogP contribution in [0.2, 0.25) is 0 Å². The van der Waals surface area contributed by atoms with Crippen molar-refractivity contribution in [1.29, 1.82) is 0 Å². The Hall–Kier alpha value is -4.32. The Kier molecular flexibility index (Phi) is 11.7. The van der Waals surface area contributed by atoms with Gasteiger partial charge in [0.1, 0.15) is 28.7 Å². The topological polar surface area (TPSA) is 66.4 Å². The van der Waals surface area contributed by atoms with Crippen LogP contribution in [-0.2, 0) is 25.7 Å². The predicted molar refractivity (Wildman–Crippen MR) is 186 cm³/mol. The summed E-state index contributed by atoms with van der Waals surface area (Å²) >= 11 is 0. The number of hydrogen-bond acceptors (Lipinski definition) is 6. The van der Waals surface area contributed by atoms with Crippen molar-refractivity contribution in [2.24, 2.45) is 5.18 Å². The molecule has 0 fully saturated rings. The fourth-order valence-corrected chi connectivity index (χ4v) is 6.17. The molecule has 4 aromatic rings. The highest BCUT2D eigenvalue weighted by Gasteiger charge is 2.23. The van der Waals surface area contributed by atoms with E-state index >= 15 is 0 Å². The minimum absolute atomic E-state index is 0.391. The first-order valence-electron chi connectivity index (χ1n) is 16.9. The number of hydrogen-bond donors (Lipinski definition) is 0. The van der Waals surface area contributed by atoms with Gasteiger partial charge in [-0.2, -0.15) is 0 Å². The number of nitroso groups, excluding NO2 is 1. The van der Waals surface area contributed by atoms with Crippen LogP contribution in [0.4, 0.5) is 5.69 Å². The lowest BCUT2D eigenvalue weighted by Gasteiger charge is -2.23. The van der Waals surface area contributed by atoms with Crippen molar-refractivity contribution in [3.63, 3.8) is 0 Å². The number of nitrogens with zero attached hydrogens (tertiary/aromatic N) is 1. The first kappa shape index (κ1) is 33.1. The maximum atomic E-state index is 12.3. The van der Waals surface area contributed by atoms with E-state index in [0.29, 0.717) is 57.8 Å². The number of benzene rings is 4. The van der Waals surface area contributed by atoms with Crippen molar-refractivity contribution in [1.82, 2.24) is 0 Å². The highest BCUT2D eigenvalue weighted by molar-refractivity contribution is 5.62. The largest absolute Gasteiger partial charge is 0.493 e. The quantitative estimate of drug-likeness (QED) is 0.122. The van der Waals surface area contributed by atoms with E-state index in [1.165, 1.54) is 0 Å². The minimum Gasteiger partial charge on any atom is -0.493 e. The Balaban J connectivity index is 1.78. The molecule has 0 spiro atoms. The molecular formula is C40H47NO5. The summed E-state index contributed by atoms with van der Waals surface area (Å²) in [6.45, 7) is 10.9. The minimum atomic E-state index is 0.391. The van der Waals surface area contributed by atoms with Gasteiger partial charge < -0.3 is 18.9 Å². The molecule has 0 aromatic heterocycles. The first-order valence-corrected chi connectivity index (χ1v) is 16.9. The summed E-state index contributed by atoms with van der Waals surface area (Å²) < 4.78 is 26.0. The van der Waals surface area contributed by atoms with Crippen LogP contribution >= 0.6 is 0 Å². The van der Waals surface area contributed by atoms with Gasteiger partial charge in [0.15, 0.2) is 0 Å². The van der Waals surface area contributed by atoms with Crippen LogP contribution in [0.1, 0.15) is 97.9 Å². The van der Waals surface area contributed by atoms with Crippen molar-refractivity contribution in [2.45, 2.75) is 79.1 Å². The van der Waals surface area contributed by atoms with Crippen LogP contribution in [0.15, 0.2) is 71.9 Å². The zero-order valence-electron chi connectivity index (χ0n) is 27.8. The Bertz CT molecular complexity index is 1630. The molecule has 0 N–H and O–H groups in total. The second-order valence-corrected chi connectivity index (χ2v) is 12.0. The average Bonchev–Trinajstić information content (AvgIpc) is 3.07. The molecule has 4 aromatic carbocycles. The standard InChI is InChI=1S/C40H47NO5/c1-5-20-43-37-28-12-9-13-30(37)25-31-16-11-17-33(39(31)45-22-7-3)27-35-36(41-42)19-18-34(40(35)46-23-8-4)26-32-15-10-14-29(24-28)38(32)44-21-6-2/h9-19H,5-8,20-27H2,1-4H3. The lowest BCUT2D eigenvalue weighted by atomic mass is 9.91. The van der Waals surface area contributed by atoms with Crippen LogP contribution in [0.25, 0.3) is 0 Å². The third kappa shape index (κ3) is 7.55. The summed E-state index contributed by atoms with van der Waals surface area (Å²) in [5, 5.41) is 3.47.